The summed E-state index contributed by atoms with van der Waals surface area (Å²) in [4.78, 5) is 2.62. The van der Waals surface area contributed by atoms with E-state index < -0.39 is 0 Å². The lowest BCUT2D eigenvalue weighted by molar-refractivity contribution is -0.00270. The number of hydrogen-bond acceptors (Lipinski definition) is 2. The second-order valence-corrected chi connectivity index (χ2v) is 6.99. The third-order valence-electron chi connectivity index (χ3n) is 5.58. The standard InChI is InChI=1S/C19H29NO/c1-15-8-4-3-7-13-20(15)18-14-17(11-12-19(18)21)16-9-5-2-6-10-16/h2,5-6,9-10,15,17-19,21H,3-4,7-8,11-14H2,1H3. The van der Waals surface area contributed by atoms with Crippen LogP contribution < -0.4 is 0 Å². The molecule has 1 heterocycles. The second-order valence-electron chi connectivity index (χ2n) is 6.99. The summed E-state index contributed by atoms with van der Waals surface area (Å²) in [6.07, 6.45) is 8.36. The van der Waals surface area contributed by atoms with Crippen molar-refractivity contribution in [2.24, 2.45) is 0 Å². The van der Waals surface area contributed by atoms with Crippen LogP contribution in [0.4, 0.5) is 0 Å². The molecule has 0 amide bonds. The zero-order valence-corrected chi connectivity index (χ0v) is 13.2. The van der Waals surface area contributed by atoms with Gasteiger partial charge in [0, 0.05) is 12.1 Å². The molecule has 2 fully saturated rings. The van der Waals surface area contributed by atoms with E-state index in [9.17, 15) is 5.11 Å². The number of benzene rings is 1. The SMILES string of the molecule is CC1CCCCCN1C1CC(c2ccccc2)CCC1O. The van der Waals surface area contributed by atoms with Crippen molar-refractivity contribution in [2.45, 2.75) is 76.0 Å². The van der Waals surface area contributed by atoms with Crippen LogP contribution in [0.5, 0.6) is 0 Å². The molecule has 1 aromatic rings. The maximum atomic E-state index is 10.6. The van der Waals surface area contributed by atoms with E-state index in [2.05, 4.69) is 42.2 Å². The number of rotatable bonds is 2. The van der Waals surface area contributed by atoms with E-state index in [4.69, 9.17) is 0 Å². The molecule has 21 heavy (non-hydrogen) atoms. The Balaban J connectivity index is 1.73. The summed E-state index contributed by atoms with van der Waals surface area (Å²) in [6, 6.07) is 11.9. The van der Waals surface area contributed by atoms with Crippen LogP contribution in [-0.4, -0.2) is 34.7 Å². The molecule has 0 aromatic heterocycles. The molecule has 0 spiro atoms. The Morgan fingerprint density at radius 3 is 2.62 bits per heavy atom. The summed E-state index contributed by atoms with van der Waals surface area (Å²) in [5.41, 5.74) is 1.46. The minimum Gasteiger partial charge on any atom is -0.391 e. The van der Waals surface area contributed by atoms with Gasteiger partial charge in [-0.1, -0.05) is 43.2 Å². The first-order valence-corrected chi connectivity index (χ1v) is 8.74. The topological polar surface area (TPSA) is 23.5 Å². The smallest absolute Gasteiger partial charge is 0.0695 e. The molecule has 1 aromatic carbocycles. The van der Waals surface area contributed by atoms with E-state index in [-0.39, 0.29) is 6.10 Å². The minimum absolute atomic E-state index is 0.134. The predicted octanol–water partition coefficient (Wildman–Crippen LogP) is 3.95. The highest BCUT2D eigenvalue weighted by Crippen LogP contribution is 2.36. The molecule has 1 aliphatic heterocycles. The molecule has 4 atom stereocenters. The second kappa shape index (κ2) is 6.93. The van der Waals surface area contributed by atoms with Crippen molar-refractivity contribution in [3.8, 4) is 0 Å². The largest absolute Gasteiger partial charge is 0.391 e. The summed E-state index contributed by atoms with van der Waals surface area (Å²) >= 11 is 0. The van der Waals surface area contributed by atoms with Gasteiger partial charge in [0.1, 0.15) is 0 Å². The Morgan fingerprint density at radius 1 is 1.00 bits per heavy atom. The normalized spacial score (nSPS) is 35.3. The lowest BCUT2D eigenvalue weighted by Gasteiger charge is -2.43. The molecule has 1 aliphatic carbocycles. The van der Waals surface area contributed by atoms with E-state index in [1.165, 1.54) is 37.8 Å². The Bertz CT molecular complexity index is 432. The van der Waals surface area contributed by atoms with Gasteiger partial charge in [0.05, 0.1) is 6.10 Å². The minimum atomic E-state index is -0.134. The number of aliphatic hydroxyl groups excluding tert-OH is 1. The summed E-state index contributed by atoms with van der Waals surface area (Å²) in [7, 11) is 0. The van der Waals surface area contributed by atoms with Crippen LogP contribution in [0, 0.1) is 0 Å². The van der Waals surface area contributed by atoms with Crippen LogP contribution in [-0.2, 0) is 0 Å². The Kier molecular flexibility index (Phi) is 4.97. The lowest BCUT2D eigenvalue weighted by atomic mass is 9.79. The molecule has 0 radical (unpaired) electrons. The molecule has 2 nitrogen and oxygen atoms in total. The number of hydrogen-bond donors (Lipinski definition) is 1. The Morgan fingerprint density at radius 2 is 1.81 bits per heavy atom. The molecule has 0 bridgehead atoms. The molecular formula is C19H29NO. The van der Waals surface area contributed by atoms with Crippen LogP contribution in [0.15, 0.2) is 30.3 Å². The summed E-state index contributed by atoms with van der Waals surface area (Å²) in [5.74, 6) is 0.620. The fourth-order valence-corrected chi connectivity index (χ4v) is 4.30. The van der Waals surface area contributed by atoms with Gasteiger partial charge < -0.3 is 5.11 Å². The number of aliphatic hydroxyl groups is 1. The van der Waals surface area contributed by atoms with Crippen molar-refractivity contribution in [2.75, 3.05) is 6.54 Å². The van der Waals surface area contributed by atoms with Gasteiger partial charge in [-0.2, -0.15) is 0 Å². The van der Waals surface area contributed by atoms with Crippen LogP contribution in [0.3, 0.4) is 0 Å². The zero-order valence-electron chi connectivity index (χ0n) is 13.2. The fraction of sp³-hybridized carbons (Fsp3) is 0.684. The van der Waals surface area contributed by atoms with E-state index in [1.807, 2.05) is 0 Å². The highest BCUT2D eigenvalue weighted by Gasteiger charge is 2.36. The lowest BCUT2D eigenvalue weighted by Crippen LogP contribution is -2.50. The summed E-state index contributed by atoms with van der Waals surface area (Å²) in [6.45, 7) is 3.52. The molecule has 3 rings (SSSR count). The maximum Gasteiger partial charge on any atom is 0.0695 e. The average Bonchev–Trinajstić information content (AvgIpc) is 2.73. The van der Waals surface area contributed by atoms with E-state index in [1.54, 1.807) is 0 Å². The molecule has 2 heteroatoms. The van der Waals surface area contributed by atoms with Crippen molar-refractivity contribution >= 4 is 0 Å². The monoisotopic (exact) mass is 287 g/mol. The van der Waals surface area contributed by atoms with Gasteiger partial charge in [-0.15, -0.1) is 0 Å². The maximum absolute atomic E-state index is 10.6. The molecule has 2 aliphatic rings. The van der Waals surface area contributed by atoms with Crippen molar-refractivity contribution in [1.29, 1.82) is 0 Å². The third-order valence-corrected chi connectivity index (χ3v) is 5.58. The van der Waals surface area contributed by atoms with Crippen LogP contribution >= 0.6 is 0 Å². The quantitative estimate of drug-likeness (QED) is 0.890. The van der Waals surface area contributed by atoms with Crippen molar-refractivity contribution < 1.29 is 5.11 Å². The summed E-state index contributed by atoms with van der Waals surface area (Å²) < 4.78 is 0. The van der Waals surface area contributed by atoms with Gasteiger partial charge in [-0.3, -0.25) is 4.90 Å². The van der Waals surface area contributed by atoms with Crippen LogP contribution in [0.1, 0.15) is 63.4 Å². The first-order valence-electron chi connectivity index (χ1n) is 8.74. The number of nitrogens with zero attached hydrogens (tertiary/aromatic N) is 1. The highest BCUT2D eigenvalue weighted by molar-refractivity contribution is 5.20. The van der Waals surface area contributed by atoms with Crippen molar-refractivity contribution in [3.63, 3.8) is 0 Å². The summed E-state index contributed by atoms with van der Waals surface area (Å²) in [5, 5.41) is 10.6. The Hall–Kier alpha value is -0.860. The van der Waals surface area contributed by atoms with Gasteiger partial charge >= 0.3 is 0 Å². The van der Waals surface area contributed by atoms with E-state index >= 15 is 0 Å². The van der Waals surface area contributed by atoms with Crippen LogP contribution in [0.25, 0.3) is 0 Å². The molecule has 116 valence electrons. The van der Waals surface area contributed by atoms with Gasteiger partial charge in [-0.05, 0) is 57.1 Å². The van der Waals surface area contributed by atoms with Gasteiger partial charge in [0.2, 0.25) is 0 Å². The number of likely N-dealkylation sites (tertiary alicyclic amines) is 1. The molecule has 1 saturated heterocycles. The van der Waals surface area contributed by atoms with Gasteiger partial charge in [0.25, 0.3) is 0 Å². The zero-order chi connectivity index (χ0) is 14.7. The molecule has 1 N–H and O–H groups in total. The average molecular weight is 287 g/mol. The van der Waals surface area contributed by atoms with E-state index in [0.29, 0.717) is 18.0 Å². The predicted molar refractivity (Wildman–Crippen MR) is 87.5 cm³/mol. The van der Waals surface area contributed by atoms with E-state index in [0.717, 1.165) is 19.3 Å². The molecule has 4 unspecified atom stereocenters. The fourth-order valence-electron chi connectivity index (χ4n) is 4.30. The Labute approximate surface area is 129 Å². The first-order chi connectivity index (χ1) is 10.3. The third kappa shape index (κ3) is 3.49. The molecule has 1 saturated carbocycles. The molecular weight excluding hydrogens is 258 g/mol. The van der Waals surface area contributed by atoms with Crippen molar-refractivity contribution in [1.82, 2.24) is 4.90 Å². The van der Waals surface area contributed by atoms with Gasteiger partial charge in [-0.25, -0.2) is 0 Å². The van der Waals surface area contributed by atoms with Crippen LogP contribution in [0.2, 0.25) is 0 Å². The van der Waals surface area contributed by atoms with Crippen molar-refractivity contribution in [3.05, 3.63) is 35.9 Å². The van der Waals surface area contributed by atoms with Gasteiger partial charge in [0.15, 0.2) is 0 Å². The first kappa shape index (κ1) is 15.1. The highest BCUT2D eigenvalue weighted by atomic mass is 16.3.